The first-order valence-corrected chi connectivity index (χ1v) is 10.9. The van der Waals surface area contributed by atoms with Crippen molar-refractivity contribution in [1.82, 2.24) is 4.31 Å². The smallest absolute Gasteiger partial charge is 0.243 e. The topological polar surface area (TPSA) is 66.9 Å². The molecule has 0 spiro atoms. The van der Waals surface area contributed by atoms with Gasteiger partial charge < -0.3 is 9.64 Å². The van der Waals surface area contributed by atoms with Gasteiger partial charge in [-0.25, -0.2) is 8.42 Å². The van der Waals surface area contributed by atoms with Crippen molar-refractivity contribution in [1.29, 1.82) is 0 Å². The number of thiophene rings is 1. The molecule has 3 heterocycles. The lowest BCUT2D eigenvalue weighted by molar-refractivity contribution is -0.117. The van der Waals surface area contributed by atoms with Gasteiger partial charge in [-0.05, 0) is 41.6 Å². The van der Waals surface area contributed by atoms with E-state index in [1.54, 1.807) is 34.4 Å². The maximum atomic E-state index is 12.8. The van der Waals surface area contributed by atoms with E-state index in [9.17, 15) is 13.2 Å². The monoisotopic (exact) mass is 392 g/mol. The summed E-state index contributed by atoms with van der Waals surface area (Å²) >= 11 is 1.57. The van der Waals surface area contributed by atoms with E-state index < -0.39 is 10.0 Å². The van der Waals surface area contributed by atoms with Crippen LogP contribution in [-0.2, 0) is 32.4 Å². The highest BCUT2D eigenvalue weighted by molar-refractivity contribution is 7.89. The SMILES string of the molecule is O=C(Cc1cccs1)N1CCc2cc(S(=O)(=O)N3CCOCC3)ccc21. The van der Waals surface area contributed by atoms with Gasteiger partial charge >= 0.3 is 0 Å². The fourth-order valence-electron chi connectivity index (χ4n) is 3.39. The van der Waals surface area contributed by atoms with E-state index in [1.807, 2.05) is 17.5 Å². The lowest BCUT2D eigenvalue weighted by Crippen LogP contribution is -2.40. The third-order valence-electron chi connectivity index (χ3n) is 4.76. The van der Waals surface area contributed by atoms with Crippen LogP contribution < -0.4 is 4.90 Å². The molecular formula is C18H20N2O4S2. The molecule has 8 heteroatoms. The average molecular weight is 393 g/mol. The first-order valence-electron chi connectivity index (χ1n) is 8.59. The second-order valence-electron chi connectivity index (χ2n) is 6.36. The van der Waals surface area contributed by atoms with Crippen LogP contribution in [0.2, 0.25) is 0 Å². The molecular weight excluding hydrogens is 372 g/mol. The fourth-order valence-corrected chi connectivity index (χ4v) is 5.55. The van der Waals surface area contributed by atoms with Crippen molar-refractivity contribution in [3.63, 3.8) is 0 Å². The van der Waals surface area contributed by atoms with Gasteiger partial charge in [-0.1, -0.05) is 6.07 Å². The van der Waals surface area contributed by atoms with E-state index in [0.717, 1.165) is 16.1 Å². The fraction of sp³-hybridized carbons (Fsp3) is 0.389. The van der Waals surface area contributed by atoms with Crippen molar-refractivity contribution in [3.05, 3.63) is 46.2 Å². The molecule has 2 aliphatic heterocycles. The molecule has 0 atom stereocenters. The van der Waals surface area contributed by atoms with E-state index in [2.05, 4.69) is 0 Å². The lowest BCUT2D eigenvalue weighted by Gasteiger charge is -2.26. The highest BCUT2D eigenvalue weighted by Gasteiger charge is 2.30. The van der Waals surface area contributed by atoms with Crippen LogP contribution in [0.15, 0.2) is 40.6 Å². The van der Waals surface area contributed by atoms with Gasteiger partial charge in [0, 0.05) is 30.2 Å². The van der Waals surface area contributed by atoms with Crippen molar-refractivity contribution in [2.75, 3.05) is 37.7 Å². The number of nitrogens with zero attached hydrogens (tertiary/aromatic N) is 2. The number of amides is 1. The summed E-state index contributed by atoms with van der Waals surface area (Å²) in [4.78, 5) is 15.7. The van der Waals surface area contributed by atoms with Gasteiger partial charge in [0.15, 0.2) is 0 Å². The van der Waals surface area contributed by atoms with Gasteiger partial charge in [0.1, 0.15) is 0 Å². The summed E-state index contributed by atoms with van der Waals surface area (Å²) in [6.45, 7) is 2.21. The molecule has 1 saturated heterocycles. The Morgan fingerprint density at radius 1 is 1.15 bits per heavy atom. The molecule has 1 fully saturated rings. The van der Waals surface area contributed by atoms with Crippen molar-refractivity contribution in [2.45, 2.75) is 17.7 Å². The Hall–Kier alpha value is -1.74. The number of rotatable bonds is 4. The predicted molar refractivity (Wildman–Crippen MR) is 100 cm³/mol. The number of benzene rings is 1. The molecule has 0 aliphatic carbocycles. The van der Waals surface area contributed by atoms with Crippen molar-refractivity contribution in [2.24, 2.45) is 0 Å². The largest absolute Gasteiger partial charge is 0.379 e. The van der Waals surface area contributed by atoms with Crippen molar-refractivity contribution >= 4 is 33.0 Å². The van der Waals surface area contributed by atoms with E-state index in [-0.39, 0.29) is 5.91 Å². The Bertz CT molecular complexity index is 903. The highest BCUT2D eigenvalue weighted by Crippen LogP contribution is 2.32. The summed E-state index contributed by atoms with van der Waals surface area (Å²) in [7, 11) is -3.51. The van der Waals surface area contributed by atoms with Crippen molar-refractivity contribution < 1.29 is 17.9 Å². The van der Waals surface area contributed by atoms with Gasteiger partial charge in [-0.15, -0.1) is 11.3 Å². The predicted octanol–water partition coefficient (Wildman–Crippen LogP) is 1.90. The molecule has 2 aliphatic rings. The second kappa shape index (κ2) is 7.11. The van der Waals surface area contributed by atoms with E-state index >= 15 is 0 Å². The Labute approximate surface area is 157 Å². The number of hydrogen-bond acceptors (Lipinski definition) is 5. The quantitative estimate of drug-likeness (QED) is 0.797. The summed E-state index contributed by atoms with van der Waals surface area (Å²) in [5, 5.41) is 1.96. The maximum absolute atomic E-state index is 12.8. The first kappa shape index (κ1) is 17.7. The molecule has 1 amide bonds. The number of anilines is 1. The van der Waals surface area contributed by atoms with E-state index in [1.165, 1.54) is 4.31 Å². The molecule has 6 nitrogen and oxygen atoms in total. The van der Waals surface area contributed by atoms with E-state index in [4.69, 9.17) is 4.74 Å². The van der Waals surface area contributed by atoms with Crippen LogP contribution in [-0.4, -0.2) is 51.5 Å². The molecule has 0 N–H and O–H groups in total. The minimum atomic E-state index is -3.51. The molecule has 2 aromatic rings. The molecule has 138 valence electrons. The van der Waals surface area contributed by atoms with Crippen LogP contribution in [0, 0.1) is 0 Å². The van der Waals surface area contributed by atoms with Crippen LogP contribution in [0.1, 0.15) is 10.4 Å². The number of sulfonamides is 1. The van der Waals surface area contributed by atoms with E-state index in [0.29, 0.717) is 50.6 Å². The number of morpholine rings is 1. The minimum absolute atomic E-state index is 0.0509. The number of fused-ring (bicyclic) bond motifs is 1. The standard InChI is InChI=1S/C18H20N2O4S2/c21-18(13-15-2-1-11-25-15)20-6-5-14-12-16(3-4-17(14)20)26(22,23)19-7-9-24-10-8-19/h1-4,11-12H,5-10,13H2. The summed E-state index contributed by atoms with van der Waals surface area (Å²) in [5.41, 5.74) is 1.74. The molecule has 0 radical (unpaired) electrons. The second-order valence-corrected chi connectivity index (χ2v) is 9.33. The molecule has 4 rings (SSSR count). The molecule has 0 saturated carbocycles. The van der Waals surface area contributed by atoms with Crippen LogP contribution in [0.3, 0.4) is 0 Å². The minimum Gasteiger partial charge on any atom is -0.379 e. The summed E-state index contributed by atoms with van der Waals surface area (Å²) in [6.07, 6.45) is 1.06. The Balaban J connectivity index is 1.55. The number of carbonyl (C=O) groups excluding carboxylic acids is 1. The zero-order valence-corrected chi connectivity index (χ0v) is 15.9. The average Bonchev–Trinajstić information content (AvgIpc) is 3.31. The first-order chi connectivity index (χ1) is 12.6. The molecule has 1 aromatic carbocycles. The maximum Gasteiger partial charge on any atom is 0.243 e. The van der Waals surface area contributed by atoms with Crippen molar-refractivity contribution in [3.8, 4) is 0 Å². The van der Waals surface area contributed by atoms with Crippen LogP contribution in [0.25, 0.3) is 0 Å². The third-order valence-corrected chi connectivity index (χ3v) is 7.53. The van der Waals surface area contributed by atoms with Crippen LogP contribution in [0.5, 0.6) is 0 Å². The Morgan fingerprint density at radius 2 is 1.96 bits per heavy atom. The zero-order chi connectivity index (χ0) is 18.1. The van der Waals surface area contributed by atoms with Crippen LogP contribution in [0.4, 0.5) is 5.69 Å². The highest BCUT2D eigenvalue weighted by atomic mass is 32.2. The molecule has 0 unspecified atom stereocenters. The van der Waals surface area contributed by atoms with Gasteiger partial charge in [-0.3, -0.25) is 4.79 Å². The Morgan fingerprint density at radius 3 is 2.69 bits per heavy atom. The lowest BCUT2D eigenvalue weighted by atomic mass is 10.2. The number of hydrogen-bond donors (Lipinski definition) is 0. The van der Waals surface area contributed by atoms with Crippen LogP contribution >= 0.6 is 11.3 Å². The van der Waals surface area contributed by atoms with Gasteiger partial charge in [0.05, 0.1) is 24.5 Å². The summed E-state index contributed by atoms with van der Waals surface area (Å²) in [5.74, 6) is 0.0509. The summed E-state index contributed by atoms with van der Waals surface area (Å²) in [6, 6.07) is 8.99. The van der Waals surface area contributed by atoms with Gasteiger partial charge in [0.25, 0.3) is 0 Å². The normalized spacial score (nSPS) is 18.1. The molecule has 0 bridgehead atoms. The zero-order valence-electron chi connectivity index (χ0n) is 14.3. The molecule has 26 heavy (non-hydrogen) atoms. The third kappa shape index (κ3) is 3.29. The molecule has 1 aromatic heterocycles. The Kier molecular flexibility index (Phi) is 4.83. The van der Waals surface area contributed by atoms with Gasteiger partial charge in [-0.2, -0.15) is 4.31 Å². The summed E-state index contributed by atoms with van der Waals surface area (Å²) < 4.78 is 32.3. The number of ether oxygens (including phenoxy) is 1. The number of carbonyl (C=O) groups is 1. The van der Waals surface area contributed by atoms with Gasteiger partial charge in [0.2, 0.25) is 15.9 Å².